The van der Waals surface area contributed by atoms with Gasteiger partial charge in [-0.05, 0) is 30.3 Å². The van der Waals surface area contributed by atoms with E-state index in [0.717, 1.165) is 0 Å². The number of benzene rings is 2. The van der Waals surface area contributed by atoms with E-state index < -0.39 is 10.8 Å². The highest BCUT2D eigenvalue weighted by Crippen LogP contribution is 2.21. The number of non-ortho nitro benzene ring substituents is 1. The summed E-state index contributed by atoms with van der Waals surface area (Å²) in [6, 6.07) is 9.60. The van der Waals surface area contributed by atoms with Crippen LogP contribution in [0.15, 0.2) is 42.5 Å². The Hall–Kier alpha value is -2.73. The number of hydrogen-bond acceptors (Lipinski definition) is 4. The van der Waals surface area contributed by atoms with Crippen molar-refractivity contribution in [2.24, 2.45) is 0 Å². The summed E-state index contributed by atoms with van der Waals surface area (Å²) >= 11 is 5.82. The van der Waals surface area contributed by atoms with Crippen molar-refractivity contribution in [3.05, 3.63) is 68.7 Å². The van der Waals surface area contributed by atoms with Gasteiger partial charge in [0.2, 0.25) is 0 Å². The largest absolute Gasteiger partial charge is 0.321 e. The summed E-state index contributed by atoms with van der Waals surface area (Å²) in [5, 5.41) is 13.5. The number of halogens is 1. The number of nitrogens with one attached hydrogen (secondary N) is 1. The van der Waals surface area contributed by atoms with Gasteiger partial charge in [0, 0.05) is 28.3 Å². The lowest BCUT2D eigenvalue weighted by Gasteiger charge is -2.08. The van der Waals surface area contributed by atoms with Gasteiger partial charge in [0.15, 0.2) is 6.29 Å². The Bertz CT molecular complexity index is 713. The number of nitrogens with zero attached hydrogens (tertiary/aromatic N) is 1. The fraction of sp³-hybridized carbons (Fsp3) is 0. The van der Waals surface area contributed by atoms with Gasteiger partial charge in [0.05, 0.1) is 10.6 Å². The molecule has 2 aromatic rings. The summed E-state index contributed by atoms with van der Waals surface area (Å²) in [4.78, 5) is 32.9. The molecule has 0 spiro atoms. The smallest absolute Gasteiger partial charge is 0.269 e. The molecule has 0 fully saturated rings. The average molecular weight is 305 g/mol. The molecule has 0 saturated heterocycles. The second kappa shape index (κ2) is 6.15. The molecule has 6 nitrogen and oxygen atoms in total. The van der Waals surface area contributed by atoms with E-state index in [1.807, 2.05) is 0 Å². The first-order valence-corrected chi connectivity index (χ1v) is 6.19. The van der Waals surface area contributed by atoms with Crippen molar-refractivity contribution in [1.29, 1.82) is 0 Å². The van der Waals surface area contributed by atoms with Gasteiger partial charge in [-0.2, -0.15) is 0 Å². The highest BCUT2D eigenvalue weighted by Gasteiger charge is 2.11. The number of carbonyl (C=O) groups is 2. The number of anilines is 1. The van der Waals surface area contributed by atoms with Crippen LogP contribution in [-0.2, 0) is 0 Å². The molecule has 0 aromatic heterocycles. The minimum Gasteiger partial charge on any atom is -0.321 e. The second-order valence-corrected chi connectivity index (χ2v) is 4.54. The number of aldehydes is 1. The molecule has 1 amide bonds. The molecule has 7 heteroatoms. The first-order chi connectivity index (χ1) is 10.0. The Morgan fingerprint density at radius 1 is 1.19 bits per heavy atom. The Balaban J connectivity index is 2.23. The molecule has 2 aromatic carbocycles. The second-order valence-electron chi connectivity index (χ2n) is 4.11. The quantitative estimate of drug-likeness (QED) is 0.533. The van der Waals surface area contributed by atoms with Crippen LogP contribution in [0.5, 0.6) is 0 Å². The molecule has 21 heavy (non-hydrogen) atoms. The van der Waals surface area contributed by atoms with Crippen molar-refractivity contribution in [3.8, 4) is 0 Å². The number of carbonyl (C=O) groups excluding carboxylic acids is 2. The minimum atomic E-state index is -0.552. The van der Waals surface area contributed by atoms with Crippen LogP contribution in [0.4, 0.5) is 11.4 Å². The van der Waals surface area contributed by atoms with E-state index in [1.54, 1.807) is 0 Å². The summed E-state index contributed by atoms with van der Waals surface area (Å²) in [6.07, 6.45) is 0.599. The predicted octanol–water partition coefficient (Wildman–Crippen LogP) is 3.31. The lowest BCUT2D eigenvalue weighted by atomic mass is 10.1. The van der Waals surface area contributed by atoms with Crippen LogP contribution in [0.3, 0.4) is 0 Å². The fourth-order valence-electron chi connectivity index (χ4n) is 1.67. The number of rotatable bonds is 4. The van der Waals surface area contributed by atoms with Crippen LogP contribution in [0.25, 0.3) is 0 Å². The molecule has 106 valence electrons. The topological polar surface area (TPSA) is 89.3 Å². The van der Waals surface area contributed by atoms with Crippen molar-refractivity contribution in [1.82, 2.24) is 0 Å². The third kappa shape index (κ3) is 3.43. The van der Waals surface area contributed by atoms with E-state index in [-0.39, 0.29) is 22.5 Å². The molecular weight excluding hydrogens is 296 g/mol. The summed E-state index contributed by atoms with van der Waals surface area (Å²) in [7, 11) is 0. The van der Waals surface area contributed by atoms with Gasteiger partial charge in [0.25, 0.3) is 11.6 Å². The van der Waals surface area contributed by atoms with Gasteiger partial charge < -0.3 is 5.32 Å². The number of hydrogen-bond donors (Lipinski definition) is 1. The van der Waals surface area contributed by atoms with Gasteiger partial charge in [-0.1, -0.05) is 11.6 Å². The van der Waals surface area contributed by atoms with E-state index >= 15 is 0 Å². The van der Waals surface area contributed by atoms with Crippen LogP contribution < -0.4 is 5.32 Å². The van der Waals surface area contributed by atoms with Crippen LogP contribution in [-0.4, -0.2) is 17.1 Å². The van der Waals surface area contributed by atoms with Crippen molar-refractivity contribution in [2.45, 2.75) is 0 Å². The molecule has 0 aliphatic rings. The molecule has 0 aliphatic heterocycles. The molecule has 2 rings (SSSR count). The Morgan fingerprint density at radius 2 is 1.86 bits per heavy atom. The minimum absolute atomic E-state index is 0.108. The van der Waals surface area contributed by atoms with Crippen molar-refractivity contribution < 1.29 is 14.5 Å². The molecule has 0 heterocycles. The number of nitro groups is 1. The number of amides is 1. The average Bonchev–Trinajstić information content (AvgIpc) is 2.47. The monoisotopic (exact) mass is 304 g/mol. The number of nitro benzene ring substituents is 1. The lowest BCUT2D eigenvalue weighted by molar-refractivity contribution is -0.384. The zero-order chi connectivity index (χ0) is 15.4. The molecule has 1 N–H and O–H groups in total. The van der Waals surface area contributed by atoms with Gasteiger partial charge in [-0.3, -0.25) is 19.7 Å². The zero-order valence-corrected chi connectivity index (χ0v) is 11.3. The van der Waals surface area contributed by atoms with E-state index in [4.69, 9.17) is 11.6 Å². The lowest BCUT2D eigenvalue weighted by Crippen LogP contribution is -2.13. The Morgan fingerprint density at radius 3 is 2.43 bits per heavy atom. The van der Waals surface area contributed by atoms with Gasteiger partial charge in [-0.15, -0.1) is 0 Å². The molecule has 0 bridgehead atoms. The van der Waals surface area contributed by atoms with E-state index in [9.17, 15) is 19.7 Å². The van der Waals surface area contributed by atoms with Crippen LogP contribution in [0, 0.1) is 10.1 Å². The first kappa shape index (κ1) is 14.7. The normalized spacial score (nSPS) is 9.95. The van der Waals surface area contributed by atoms with Crippen molar-refractivity contribution in [2.75, 3.05) is 5.32 Å². The predicted molar refractivity (Wildman–Crippen MR) is 77.9 cm³/mol. The third-order valence-corrected chi connectivity index (χ3v) is 2.97. The van der Waals surface area contributed by atoms with Crippen molar-refractivity contribution in [3.63, 3.8) is 0 Å². The summed E-state index contributed by atoms with van der Waals surface area (Å²) in [5.41, 5.74) is 0.691. The van der Waals surface area contributed by atoms with Gasteiger partial charge in [0.1, 0.15) is 0 Å². The van der Waals surface area contributed by atoms with Crippen molar-refractivity contribution >= 4 is 35.2 Å². The zero-order valence-electron chi connectivity index (χ0n) is 10.6. The fourth-order valence-corrected chi connectivity index (χ4v) is 1.84. The van der Waals surface area contributed by atoms with E-state index in [0.29, 0.717) is 11.3 Å². The van der Waals surface area contributed by atoms with Crippen LogP contribution in [0.2, 0.25) is 5.02 Å². The van der Waals surface area contributed by atoms with Crippen LogP contribution >= 0.6 is 11.6 Å². The van der Waals surface area contributed by atoms with E-state index in [2.05, 4.69) is 5.32 Å². The SMILES string of the molecule is O=Cc1ccc(Cl)cc1NC(=O)c1ccc([N+](=O)[O-])cc1. The van der Waals surface area contributed by atoms with Gasteiger partial charge in [-0.25, -0.2) is 0 Å². The summed E-state index contributed by atoms with van der Waals surface area (Å²) in [6.45, 7) is 0. The third-order valence-electron chi connectivity index (χ3n) is 2.73. The standard InChI is InChI=1S/C14H9ClN2O4/c15-11-4-1-10(8-18)13(7-11)16-14(19)9-2-5-12(6-3-9)17(20)21/h1-8H,(H,16,19). The summed E-state index contributed by atoms with van der Waals surface area (Å²) < 4.78 is 0. The molecular formula is C14H9ClN2O4. The first-order valence-electron chi connectivity index (χ1n) is 5.82. The Labute approximate surface area is 124 Å². The molecule has 0 atom stereocenters. The molecule has 0 radical (unpaired) electrons. The molecule has 0 aliphatic carbocycles. The highest BCUT2D eigenvalue weighted by molar-refractivity contribution is 6.31. The van der Waals surface area contributed by atoms with Crippen LogP contribution in [0.1, 0.15) is 20.7 Å². The molecule has 0 unspecified atom stereocenters. The summed E-state index contributed by atoms with van der Waals surface area (Å²) in [5.74, 6) is -0.490. The van der Waals surface area contributed by atoms with Gasteiger partial charge >= 0.3 is 0 Å². The maximum Gasteiger partial charge on any atom is 0.269 e. The van der Waals surface area contributed by atoms with E-state index in [1.165, 1.54) is 42.5 Å². The maximum absolute atomic E-state index is 12.0. The Kier molecular flexibility index (Phi) is 4.30. The maximum atomic E-state index is 12.0. The highest BCUT2D eigenvalue weighted by atomic mass is 35.5. The molecule has 0 saturated carbocycles.